The molecule has 1 aromatic rings. The molecule has 0 saturated heterocycles. The third-order valence-electron chi connectivity index (χ3n) is 2.60. The lowest BCUT2D eigenvalue weighted by molar-refractivity contribution is -0.151. The van der Waals surface area contributed by atoms with Crippen LogP contribution in [0.3, 0.4) is 0 Å². The van der Waals surface area contributed by atoms with Crippen LogP contribution in [-0.2, 0) is 16.1 Å². The minimum absolute atomic E-state index is 0.320. The predicted octanol–water partition coefficient (Wildman–Crippen LogP) is 3.02. The van der Waals surface area contributed by atoms with Crippen LogP contribution in [0.5, 0.6) is 5.75 Å². The minimum atomic E-state index is -0.565. The molecule has 0 aliphatic carbocycles. The highest BCUT2D eigenvalue weighted by molar-refractivity contribution is 9.10. The maximum Gasteiger partial charge on any atom is 0.347 e. The van der Waals surface area contributed by atoms with E-state index in [1.54, 1.807) is 6.92 Å². The Hall–Kier alpha value is -1.07. The summed E-state index contributed by atoms with van der Waals surface area (Å²) in [6, 6.07) is 5.59. The van der Waals surface area contributed by atoms with Crippen LogP contribution < -0.4 is 10.5 Å². The molecule has 1 atom stereocenters. The van der Waals surface area contributed by atoms with Gasteiger partial charge in [0.1, 0.15) is 5.75 Å². The molecule has 0 heterocycles. The van der Waals surface area contributed by atoms with E-state index in [1.807, 2.05) is 25.1 Å². The highest BCUT2D eigenvalue weighted by atomic mass is 79.9. The van der Waals surface area contributed by atoms with Crippen molar-refractivity contribution in [3.63, 3.8) is 0 Å². The lowest BCUT2D eigenvalue weighted by Crippen LogP contribution is -2.29. The van der Waals surface area contributed by atoms with E-state index in [4.69, 9.17) is 15.2 Å². The molecule has 0 spiro atoms. The van der Waals surface area contributed by atoms with Crippen LogP contribution in [0.1, 0.15) is 32.3 Å². The fraction of sp³-hybridized carbons (Fsp3) is 0.500. The van der Waals surface area contributed by atoms with Crippen molar-refractivity contribution < 1.29 is 14.3 Å². The Morgan fingerprint density at radius 2 is 2.16 bits per heavy atom. The van der Waals surface area contributed by atoms with Gasteiger partial charge in [0.15, 0.2) is 6.10 Å². The summed E-state index contributed by atoms with van der Waals surface area (Å²) in [6.07, 6.45) is 0.913. The predicted molar refractivity (Wildman–Crippen MR) is 78.0 cm³/mol. The van der Waals surface area contributed by atoms with Crippen LogP contribution >= 0.6 is 15.9 Å². The molecule has 106 valence electrons. The smallest absolute Gasteiger partial charge is 0.347 e. The Morgan fingerprint density at radius 1 is 1.42 bits per heavy atom. The number of nitrogens with two attached hydrogens (primary N) is 1. The zero-order valence-electron chi connectivity index (χ0n) is 11.3. The molecule has 4 nitrogen and oxygen atoms in total. The molecule has 1 aromatic carbocycles. The van der Waals surface area contributed by atoms with Crippen molar-refractivity contribution in [3.05, 3.63) is 28.2 Å². The van der Waals surface area contributed by atoms with Crippen LogP contribution in [-0.4, -0.2) is 18.7 Å². The number of benzene rings is 1. The minimum Gasteiger partial charge on any atom is -0.478 e. The van der Waals surface area contributed by atoms with Crippen molar-refractivity contribution >= 4 is 21.9 Å². The molecule has 0 aliphatic heterocycles. The highest BCUT2D eigenvalue weighted by Crippen LogP contribution is 2.27. The van der Waals surface area contributed by atoms with Gasteiger partial charge in [0.2, 0.25) is 0 Å². The summed E-state index contributed by atoms with van der Waals surface area (Å²) in [4.78, 5) is 11.8. The molecule has 0 amide bonds. The normalized spacial score (nSPS) is 12.0. The van der Waals surface area contributed by atoms with E-state index in [-0.39, 0.29) is 5.97 Å². The van der Waals surface area contributed by atoms with Gasteiger partial charge in [-0.1, -0.05) is 19.4 Å². The van der Waals surface area contributed by atoms with E-state index >= 15 is 0 Å². The van der Waals surface area contributed by atoms with Gasteiger partial charge in [-0.15, -0.1) is 0 Å². The number of carbonyl (C=O) groups excluding carboxylic acids is 1. The van der Waals surface area contributed by atoms with Crippen LogP contribution in [0.25, 0.3) is 0 Å². The third kappa shape index (κ3) is 4.84. The summed E-state index contributed by atoms with van der Waals surface area (Å²) in [5, 5.41) is 0. The standard InChI is InChI=1S/C14H20BrNO3/c1-3-5-13(14(17)18-4-2)19-12-7-6-10(9-16)8-11(12)15/h6-8,13H,3-5,9,16H2,1-2H3. The van der Waals surface area contributed by atoms with Gasteiger partial charge in [-0.2, -0.15) is 0 Å². The van der Waals surface area contributed by atoms with E-state index in [0.717, 1.165) is 16.5 Å². The quantitative estimate of drug-likeness (QED) is 0.781. The molecular weight excluding hydrogens is 310 g/mol. The Kier molecular flexibility index (Phi) is 6.87. The van der Waals surface area contributed by atoms with E-state index < -0.39 is 6.10 Å². The first kappa shape index (κ1) is 16.0. The Bertz CT molecular complexity index is 423. The Labute approximate surface area is 122 Å². The molecule has 0 fully saturated rings. The number of halogens is 1. The molecule has 1 unspecified atom stereocenters. The summed E-state index contributed by atoms with van der Waals surface area (Å²) in [7, 11) is 0. The molecule has 2 N–H and O–H groups in total. The van der Waals surface area contributed by atoms with Crippen molar-refractivity contribution in [2.75, 3.05) is 6.61 Å². The molecule has 5 heteroatoms. The van der Waals surface area contributed by atoms with Gasteiger partial charge in [0, 0.05) is 6.54 Å². The van der Waals surface area contributed by atoms with Crippen molar-refractivity contribution in [1.29, 1.82) is 0 Å². The van der Waals surface area contributed by atoms with E-state index in [2.05, 4.69) is 15.9 Å². The molecule has 1 rings (SSSR count). The summed E-state index contributed by atoms with van der Waals surface area (Å²) in [5.74, 6) is 0.308. The lowest BCUT2D eigenvalue weighted by Gasteiger charge is -2.18. The van der Waals surface area contributed by atoms with Gasteiger partial charge in [-0.3, -0.25) is 0 Å². The second-order valence-electron chi connectivity index (χ2n) is 4.12. The number of esters is 1. The second-order valence-corrected chi connectivity index (χ2v) is 4.97. The summed E-state index contributed by atoms with van der Waals surface area (Å²) in [5.41, 5.74) is 6.57. The molecule has 0 bridgehead atoms. The molecule has 0 aliphatic rings. The van der Waals surface area contributed by atoms with Crippen molar-refractivity contribution in [3.8, 4) is 5.75 Å². The van der Waals surface area contributed by atoms with Crippen LogP contribution in [0.4, 0.5) is 0 Å². The molecule has 0 aromatic heterocycles. The van der Waals surface area contributed by atoms with Gasteiger partial charge in [0.25, 0.3) is 0 Å². The first-order valence-electron chi connectivity index (χ1n) is 6.44. The number of carbonyl (C=O) groups is 1. The summed E-state index contributed by atoms with van der Waals surface area (Å²) in [6.45, 7) is 4.61. The average molecular weight is 330 g/mol. The number of rotatable bonds is 7. The Morgan fingerprint density at radius 3 is 2.68 bits per heavy atom. The maximum atomic E-state index is 11.8. The first-order chi connectivity index (χ1) is 9.12. The van der Waals surface area contributed by atoms with Gasteiger partial charge in [-0.05, 0) is 47.0 Å². The van der Waals surface area contributed by atoms with Gasteiger partial charge >= 0.3 is 5.97 Å². The molecule has 0 radical (unpaired) electrons. The van der Waals surface area contributed by atoms with Gasteiger partial charge in [-0.25, -0.2) is 4.79 Å². The largest absolute Gasteiger partial charge is 0.478 e. The molecule has 19 heavy (non-hydrogen) atoms. The van der Waals surface area contributed by atoms with Gasteiger partial charge in [0.05, 0.1) is 11.1 Å². The van der Waals surface area contributed by atoms with E-state index in [9.17, 15) is 4.79 Å². The number of ether oxygens (including phenoxy) is 2. The van der Waals surface area contributed by atoms with E-state index in [1.165, 1.54) is 0 Å². The van der Waals surface area contributed by atoms with E-state index in [0.29, 0.717) is 25.3 Å². The topological polar surface area (TPSA) is 61.5 Å². The summed E-state index contributed by atoms with van der Waals surface area (Å²) < 4.78 is 11.5. The van der Waals surface area contributed by atoms with Gasteiger partial charge < -0.3 is 15.2 Å². The summed E-state index contributed by atoms with van der Waals surface area (Å²) >= 11 is 3.42. The second kappa shape index (κ2) is 8.17. The monoisotopic (exact) mass is 329 g/mol. The maximum absolute atomic E-state index is 11.8. The Balaban J connectivity index is 2.81. The molecule has 0 saturated carbocycles. The van der Waals surface area contributed by atoms with Crippen LogP contribution in [0.15, 0.2) is 22.7 Å². The third-order valence-corrected chi connectivity index (χ3v) is 3.22. The lowest BCUT2D eigenvalue weighted by atomic mass is 10.2. The fourth-order valence-corrected chi connectivity index (χ4v) is 2.16. The fourth-order valence-electron chi connectivity index (χ4n) is 1.64. The van der Waals surface area contributed by atoms with Crippen molar-refractivity contribution in [1.82, 2.24) is 0 Å². The van der Waals surface area contributed by atoms with Crippen molar-refractivity contribution in [2.45, 2.75) is 39.3 Å². The number of hydrogen-bond donors (Lipinski definition) is 1. The van der Waals surface area contributed by atoms with Crippen LogP contribution in [0, 0.1) is 0 Å². The van der Waals surface area contributed by atoms with Crippen LogP contribution in [0.2, 0.25) is 0 Å². The molecular formula is C14H20BrNO3. The zero-order chi connectivity index (χ0) is 14.3. The SMILES string of the molecule is CCCC(Oc1ccc(CN)cc1Br)C(=O)OCC. The van der Waals surface area contributed by atoms with Crippen molar-refractivity contribution in [2.24, 2.45) is 5.73 Å². The average Bonchev–Trinajstić information content (AvgIpc) is 2.40. The number of hydrogen-bond acceptors (Lipinski definition) is 4. The zero-order valence-corrected chi connectivity index (χ0v) is 12.9. The highest BCUT2D eigenvalue weighted by Gasteiger charge is 2.21. The first-order valence-corrected chi connectivity index (χ1v) is 7.23.